The minimum atomic E-state index is -4.01. The molecule has 10 heteroatoms. The Morgan fingerprint density at radius 2 is 1.94 bits per heavy atom. The lowest BCUT2D eigenvalue weighted by molar-refractivity contribution is -0.127. The Balaban J connectivity index is 1.63. The van der Waals surface area contributed by atoms with Gasteiger partial charge in [0.05, 0.1) is 11.6 Å². The predicted octanol–water partition coefficient (Wildman–Crippen LogP) is 3.28. The number of hydrogen-bond donors (Lipinski definition) is 2. The van der Waals surface area contributed by atoms with Gasteiger partial charge in [-0.3, -0.25) is 14.3 Å². The lowest BCUT2D eigenvalue weighted by Crippen LogP contribution is -2.30. The molecule has 2 N–H and O–H groups in total. The molecule has 0 bridgehead atoms. The van der Waals surface area contributed by atoms with Crippen molar-refractivity contribution >= 4 is 39.1 Å². The predicted molar refractivity (Wildman–Crippen MR) is 123 cm³/mol. The van der Waals surface area contributed by atoms with Crippen molar-refractivity contribution in [1.82, 2.24) is 10.2 Å². The number of carbonyl (C=O) groups is 2. The summed E-state index contributed by atoms with van der Waals surface area (Å²) in [4.78, 5) is 25.7. The summed E-state index contributed by atoms with van der Waals surface area (Å²) < 4.78 is 33.5. The Hall–Kier alpha value is -2.78. The highest BCUT2D eigenvalue weighted by atomic mass is 35.5. The summed E-state index contributed by atoms with van der Waals surface area (Å²) in [6, 6.07) is 10.6. The molecule has 0 aromatic heterocycles. The summed E-state index contributed by atoms with van der Waals surface area (Å²) in [6.45, 7) is 4.08. The fourth-order valence-corrected chi connectivity index (χ4v) is 4.95. The number of anilines is 1. The molecular weight excluding hydrogens is 454 g/mol. The molecule has 0 unspecified atom stereocenters. The molecule has 0 spiro atoms. The van der Waals surface area contributed by atoms with E-state index in [-0.39, 0.29) is 21.4 Å². The van der Waals surface area contributed by atoms with Gasteiger partial charge in [-0.25, -0.2) is 8.42 Å². The van der Waals surface area contributed by atoms with Crippen LogP contribution >= 0.6 is 11.6 Å². The van der Waals surface area contributed by atoms with Gasteiger partial charge in [-0.2, -0.15) is 0 Å². The molecule has 0 aliphatic carbocycles. The third-order valence-electron chi connectivity index (χ3n) is 4.96. The maximum atomic E-state index is 12.9. The number of nitrogens with zero attached hydrogens (tertiary/aromatic N) is 1. The van der Waals surface area contributed by atoms with Crippen LogP contribution in [0.15, 0.2) is 47.4 Å². The van der Waals surface area contributed by atoms with Gasteiger partial charge in [-0.15, -0.1) is 0 Å². The maximum absolute atomic E-state index is 12.9. The van der Waals surface area contributed by atoms with E-state index in [0.717, 1.165) is 13.0 Å². The highest BCUT2D eigenvalue weighted by Gasteiger charge is 2.21. The van der Waals surface area contributed by atoms with Crippen molar-refractivity contribution in [2.45, 2.75) is 31.1 Å². The molecule has 2 amide bonds. The quantitative estimate of drug-likeness (QED) is 0.509. The lowest BCUT2D eigenvalue weighted by Gasteiger charge is -2.15. The van der Waals surface area contributed by atoms with Crippen LogP contribution in [0.3, 0.4) is 0 Å². The van der Waals surface area contributed by atoms with E-state index in [4.69, 9.17) is 16.3 Å². The van der Waals surface area contributed by atoms with E-state index in [1.807, 2.05) is 6.92 Å². The van der Waals surface area contributed by atoms with Gasteiger partial charge in [-0.05, 0) is 62.2 Å². The normalized spacial score (nSPS) is 13.8. The van der Waals surface area contributed by atoms with Gasteiger partial charge >= 0.3 is 0 Å². The highest BCUT2D eigenvalue weighted by Crippen LogP contribution is 2.26. The number of hydrogen-bond acceptors (Lipinski definition) is 5. The largest absolute Gasteiger partial charge is 0.494 e. The first-order valence-corrected chi connectivity index (χ1v) is 12.3. The van der Waals surface area contributed by atoms with Crippen molar-refractivity contribution in [3.8, 4) is 5.75 Å². The molecule has 8 nitrogen and oxygen atoms in total. The van der Waals surface area contributed by atoms with Crippen LogP contribution in [0.25, 0.3) is 0 Å². The fraction of sp³-hybridized carbons (Fsp3) is 0.364. The van der Waals surface area contributed by atoms with Crippen LogP contribution in [-0.2, 0) is 14.8 Å². The minimum Gasteiger partial charge on any atom is -0.494 e. The van der Waals surface area contributed by atoms with E-state index in [9.17, 15) is 18.0 Å². The van der Waals surface area contributed by atoms with Crippen LogP contribution in [-0.4, -0.2) is 51.4 Å². The number of amides is 2. The first-order chi connectivity index (χ1) is 15.3. The standard InChI is InChI=1S/C22H26ClN3O5S/c1-2-31-18-9-7-17(8-10-18)25-32(29,30)20-15-16(6-11-19(20)23)22(28)24-12-4-14-26-13-3-5-21(26)27/h6-11,15,25H,2-5,12-14H2,1H3,(H,24,28). The molecule has 0 atom stereocenters. The molecule has 0 radical (unpaired) electrons. The smallest absolute Gasteiger partial charge is 0.263 e. The molecular formula is C22H26ClN3O5S. The number of rotatable bonds is 10. The van der Waals surface area contributed by atoms with Crippen LogP contribution < -0.4 is 14.8 Å². The second kappa shape index (κ2) is 10.7. The summed E-state index contributed by atoms with van der Waals surface area (Å²) in [6.07, 6.45) is 2.08. The first-order valence-electron chi connectivity index (χ1n) is 10.4. The van der Waals surface area contributed by atoms with Crippen LogP contribution in [0.1, 0.15) is 36.5 Å². The second-order valence-corrected chi connectivity index (χ2v) is 9.36. The first kappa shape index (κ1) is 23.9. The molecule has 3 rings (SSSR count). The summed E-state index contributed by atoms with van der Waals surface area (Å²) in [5, 5.41) is 2.76. The van der Waals surface area contributed by atoms with Gasteiger partial charge in [0.2, 0.25) is 5.91 Å². The molecule has 1 aliphatic rings. The van der Waals surface area contributed by atoms with E-state index < -0.39 is 15.9 Å². The van der Waals surface area contributed by atoms with Crippen LogP contribution in [0.5, 0.6) is 5.75 Å². The molecule has 1 heterocycles. The average Bonchev–Trinajstić information content (AvgIpc) is 3.17. The van der Waals surface area contributed by atoms with Gasteiger partial charge in [0, 0.05) is 37.3 Å². The van der Waals surface area contributed by atoms with Crippen LogP contribution in [0.2, 0.25) is 5.02 Å². The van der Waals surface area contributed by atoms with E-state index >= 15 is 0 Å². The summed E-state index contributed by atoms with van der Waals surface area (Å²) in [7, 11) is -4.01. The van der Waals surface area contributed by atoms with Gasteiger partial charge in [0.15, 0.2) is 0 Å². The molecule has 32 heavy (non-hydrogen) atoms. The number of carbonyl (C=O) groups excluding carboxylic acids is 2. The van der Waals surface area contributed by atoms with E-state index in [1.54, 1.807) is 29.2 Å². The fourth-order valence-electron chi connectivity index (χ4n) is 3.36. The molecule has 1 fully saturated rings. The van der Waals surface area contributed by atoms with Crippen molar-refractivity contribution in [3.05, 3.63) is 53.1 Å². The second-order valence-electron chi connectivity index (χ2n) is 7.30. The van der Waals surface area contributed by atoms with Crippen molar-refractivity contribution in [2.75, 3.05) is 31.0 Å². The van der Waals surface area contributed by atoms with Crippen LogP contribution in [0.4, 0.5) is 5.69 Å². The Morgan fingerprint density at radius 1 is 1.19 bits per heavy atom. The molecule has 1 aliphatic heterocycles. The molecule has 2 aromatic carbocycles. The highest BCUT2D eigenvalue weighted by molar-refractivity contribution is 7.92. The van der Waals surface area contributed by atoms with Crippen molar-refractivity contribution in [1.29, 1.82) is 0 Å². The third kappa shape index (κ3) is 6.14. The Morgan fingerprint density at radius 3 is 2.59 bits per heavy atom. The zero-order chi connectivity index (χ0) is 23.1. The summed E-state index contributed by atoms with van der Waals surface area (Å²) in [5.41, 5.74) is 0.523. The minimum absolute atomic E-state index is 0.00697. The SMILES string of the molecule is CCOc1ccc(NS(=O)(=O)c2cc(C(=O)NCCCN3CCCC3=O)ccc2Cl)cc1. The summed E-state index contributed by atoms with van der Waals surface area (Å²) >= 11 is 6.12. The van der Waals surface area contributed by atoms with Gasteiger partial charge in [0.25, 0.3) is 15.9 Å². The van der Waals surface area contributed by atoms with Gasteiger partial charge < -0.3 is 15.0 Å². The van der Waals surface area contributed by atoms with Crippen molar-refractivity contribution in [2.24, 2.45) is 0 Å². The lowest BCUT2D eigenvalue weighted by atomic mass is 10.2. The molecule has 172 valence electrons. The number of benzene rings is 2. The number of halogens is 1. The van der Waals surface area contributed by atoms with E-state index in [0.29, 0.717) is 44.0 Å². The van der Waals surface area contributed by atoms with Gasteiger partial charge in [0.1, 0.15) is 10.6 Å². The number of nitrogens with one attached hydrogen (secondary N) is 2. The average molecular weight is 480 g/mol. The van der Waals surface area contributed by atoms with Crippen molar-refractivity contribution in [3.63, 3.8) is 0 Å². The number of ether oxygens (including phenoxy) is 1. The monoisotopic (exact) mass is 479 g/mol. The molecule has 0 saturated carbocycles. The molecule has 1 saturated heterocycles. The maximum Gasteiger partial charge on any atom is 0.263 e. The Bertz CT molecular complexity index is 1070. The number of likely N-dealkylation sites (tertiary alicyclic amines) is 1. The molecule has 2 aromatic rings. The van der Waals surface area contributed by atoms with E-state index in [1.165, 1.54) is 18.2 Å². The van der Waals surface area contributed by atoms with E-state index in [2.05, 4.69) is 10.0 Å². The number of sulfonamides is 1. The summed E-state index contributed by atoms with van der Waals surface area (Å²) in [5.74, 6) is 0.358. The Kier molecular flexibility index (Phi) is 7.98. The van der Waals surface area contributed by atoms with Gasteiger partial charge in [-0.1, -0.05) is 11.6 Å². The Labute approximate surface area is 192 Å². The third-order valence-corrected chi connectivity index (χ3v) is 6.83. The van der Waals surface area contributed by atoms with Crippen LogP contribution in [0, 0.1) is 0 Å². The zero-order valence-corrected chi connectivity index (χ0v) is 19.3. The zero-order valence-electron chi connectivity index (χ0n) is 17.8. The topological polar surface area (TPSA) is 105 Å². The van der Waals surface area contributed by atoms with Crippen molar-refractivity contribution < 1.29 is 22.7 Å².